The Balaban J connectivity index is 1.20. The second-order valence-electron chi connectivity index (χ2n) is 14.5. The van der Waals surface area contributed by atoms with Gasteiger partial charge in [0.2, 0.25) is 0 Å². The van der Waals surface area contributed by atoms with Crippen LogP contribution in [-0.2, 0) is 22.0 Å². The van der Waals surface area contributed by atoms with E-state index < -0.39 is 21.5 Å². The molecule has 2 N–H and O–H groups in total. The van der Waals surface area contributed by atoms with Crippen LogP contribution >= 0.6 is 0 Å². The number of esters is 1. The first-order valence-electron chi connectivity index (χ1n) is 16.7. The van der Waals surface area contributed by atoms with Gasteiger partial charge in [0.1, 0.15) is 5.75 Å². The molecule has 5 atom stereocenters. The van der Waals surface area contributed by atoms with E-state index in [9.17, 15) is 18.3 Å². The Labute approximate surface area is 273 Å². The molecule has 4 aliphatic rings. The number of ether oxygens (including phenoxy) is 1. The Morgan fingerprint density at radius 1 is 1.07 bits per heavy atom. The van der Waals surface area contributed by atoms with Gasteiger partial charge >= 0.3 is 5.97 Å². The van der Waals surface area contributed by atoms with Crippen molar-refractivity contribution in [3.8, 4) is 5.75 Å². The second-order valence-corrected chi connectivity index (χ2v) is 16.0. The van der Waals surface area contributed by atoms with E-state index in [-0.39, 0.29) is 17.3 Å². The fraction of sp³-hybridized carbons (Fsp3) is 0.500. The molecule has 0 saturated heterocycles. The van der Waals surface area contributed by atoms with Crippen LogP contribution in [0.15, 0.2) is 73.0 Å². The number of aliphatic hydroxyl groups is 1. The average molecular weight is 646 g/mol. The van der Waals surface area contributed by atoms with Crippen molar-refractivity contribution in [1.29, 1.82) is 0 Å². The van der Waals surface area contributed by atoms with E-state index >= 15 is 0 Å². The molecule has 1 heterocycles. The van der Waals surface area contributed by atoms with Gasteiger partial charge in [-0.3, -0.25) is 4.55 Å². The SMILES string of the molecule is C=C/C=C/C=C1\N(CCCCS(=O)(=O)O)c2ccc(C(=O)Oc3ccc4c(c3)CCC3C4CC[C@@]4(C)C3CC[C@@H]4O)cc2C1(C)C. The maximum Gasteiger partial charge on any atom is 0.343 e. The number of hydrogen-bond donors (Lipinski definition) is 2. The highest BCUT2D eigenvalue weighted by molar-refractivity contribution is 7.85. The molecule has 0 spiro atoms. The summed E-state index contributed by atoms with van der Waals surface area (Å²) in [6, 6.07) is 11.8. The zero-order valence-electron chi connectivity index (χ0n) is 27.2. The van der Waals surface area contributed by atoms with E-state index in [2.05, 4.69) is 44.4 Å². The number of rotatable bonds is 9. The number of carbonyl (C=O) groups is 1. The number of unbranched alkanes of at least 4 members (excludes halogenated alkanes) is 1. The van der Waals surface area contributed by atoms with Crippen molar-refractivity contribution in [2.24, 2.45) is 17.3 Å². The van der Waals surface area contributed by atoms with Crippen LogP contribution in [0.2, 0.25) is 0 Å². The van der Waals surface area contributed by atoms with Crippen molar-refractivity contribution in [3.05, 3.63) is 95.2 Å². The molecular weight excluding hydrogens is 598 g/mol. The standard InChI is InChI=1S/C38H47NO6S/c1-5-6-7-10-34-37(2,3)32-24-26(12-17-33(32)39(34)21-8-9-22-46(42,43)44)36(41)45-27-13-15-28-25(23-27)11-14-30-29(28)19-20-38(4)31(30)16-18-35(38)40/h5-7,10,12-13,15,17,23-24,29-31,35,40H,1,8-9,11,14,16,18-22H2,2-4H3,(H,42,43,44)/b7-6+,34-10-/t29?,30?,31?,35-,38-/m0/s1. The van der Waals surface area contributed by atoms with E-state index in [1.807, 2.05) is 36.4 Å². The maximum absolute atomic E-state index is 13.5. The van der Waals surface area contributed by atoms with Crippen molar-refractivity contribution >= 4 is 21.8 Å². The number of allylic oxidation sites excluding steroid dienone is 5. The number of fused-ring (bicyclic) bond motifs is 6. The molecule has 3 unspecified atom stereocenters. The summed E-state index contributed by atoms with van der Waals surface area (Å²) in [6.07, 6.45) is 14.6. The number of hydrogen-bond acceptors (Lipinski definition) is 6. The van der Waals surface area contributed by atoms with E-state index in [0.717, 1.165) is 55.5 Å². The molecule has 3 aliphatic carbocycles. The number of anilines is 1. The van der Waals surface area contributed by atoms with Crippen LogP contribution in [0.5, 0.6) is 5.75 Å². The first kappa shape index (κ1) is 32.7. The summed E-state index contributed by atoms with van der Waals surface area (Å²) >= 11 is 0. The van der Waals surface area contributed by atoms with Gasteiger partial charge in [-0.1, -0.05) is 51.6 Å². The lowest BCUT2D eigenvalue weighted by Gasteiger charge is -2.50. The predicted octanol–water partition coefficient (Wildman–Crippen LogP) is 7.51. The second kappa shape index (κ2) is 12.4. The van der Waals surface area contributed by atoms with Crippen LogP contribution in [0, 0.1) is 17.3 Å². The monoisotopic (exact) mass is 645 g/mol. The zero-order chi connectivity index (χ0) is 32.9. The van der Waals surface area contributed by atoms with Gasteiger partial charge in [-0.15, -0.1) is 0 Å². The highest BCUT2D eigenvalue weighted by Gasteiger charge is 2.54. The largest absolute Gasteiger partial charge is 0.423 e. The topological polar surface area (TPSA) is 104 Å². The molecule has 246 valence electrons. The molecule has 0 radical (unpaired) electrons. The van der Waals surface area contributed by atoms with Crippen LogP contribution < -0.4 is 9.64 Å². The molecule has 6 rings (SSSR count). The van der Waals surface area contributed by atoms with Crippen molar-refractivity contribution in [3.63, 3.8) is 0 Å². The normalized spacial score (nSPS) is 28.9. The zero-order valence-corrected chi connectivity index (χ0v) is 28.1. The highest BCUT2D eigenvalue weighted by Crippen LogP contribution is 2.61. The van der Waals surface area contributed by atoms with Crippen LogP contribution in [0.4, 0.5) is 5.69 Å². The predicted molar refractivity (Wildman–Crippen MR) is 182 cm³/mol. The molecule has 2 fully saturated rings. The molecule has 0 amide bonds. The average Bonchev–Trinajstić information content (AvgIpc) is 3.43. The number of aryl methyl sites for hydroxylation is 1. The Hall–Kier alpha value is -3.20. The number of carbonyl (C=O) groups excluding carboxylic acids is 1. The Bertz CT molecular complexity index is 1690. The fourth-order valence-corrected chi connectivity index (χ4v) is 9.65. The Morgan fingerprint density at radius 2 is 1.87 bits per heavy atom. The first-order valence-corrected chi connectivity index (χ1v) is 18.3. The minimum Gasteiger partial charge on any atom is -0.423 e. The van der Waals surface area contributed by atoms with Gasteiger partial charge in [0.25, 0.3) is 10.1 Å². The van der Waals surface area contributed by atoms with Crippen molar-refractivity contribution < 1.29 is 27.6 Å². The molecular formula is C38H47NO6S. The molecule has 8 heteroatoms. The molecule has 0 bridgehead atoms. The maximum atomic E-state index is 13.5. The van der Waals surface area contributed by atoms with Gasteiger partial charge in [0, 0.05) is 23.3 Å². The smallest absolute Gasteiger partial charge is 0.343 e. The summed E-state index contributed by atoms with van der Waals surface area (Å²) < 4.78 is 37.6. The van der Waals surface area contributed by atoms with Crippen molar-refractivity contribution in [2.75, 3.05) is 17.2 Å². The number of nitrogens with zero attached hydrogens (tertiary/aromatic N) is 1. The third kappa shape index (κ3) is 6.00. The van der Waals surface area contributed by atoms with Gasteiger partial charge in [-0.25, -0.2) is 4.79 Å². The summed E-state index contributed by atoms with van der Waals surface area (Å²) in [5.41, 5.74) is 5.76. The molecule has 2 saturated carbocycles. The first-order chi connectivity index (χ1) is 21.8. The van der Waals surface area contributed by atoms with Crippen molar-refractivity contribution in [2.45, 2.75) is 89.6 Å². The van der Waals surface area contributed by atoms with Crippen LogP contribution in [0.3, 0.4) is 0 Å². The third-order valence-electron chi connectivity index (χ3n) is 11.5. The summed E-state index contributed by atoms with van der Waals surface area (Å²) in [6.45, 7) is 10.9. The molecule has 0 aromatic heterocycles. The van der Waals surface area contributed by atoms with E-state index in [0.29, 0.717) is 48.5 Å². The van der Waals surface area contributed by atoms with Gasteiger partial charge in [-0.2, -0.15) is 8.42 Å². The van der Waals surface area contributed by atoms with Crippen LogP contribution in [0.25, 0.3) is 0 Å². The van der Waals surface area contributed by atoms with Gasteiger partial charge < -0.3 is 14.7 Å². The lowest BCUT2D eigenvalue weighted by molar-refractivity contribution is -0.0226. The quantitative estimate of drug-likeness (QED) is 0.0956. The fourth-order valence-electron chi connectivity index (χ4n) is 9.08. The minimum atomic E-state index is -4.01. The summed E-state index contributed by atoms with van der Waals surface area (Å²) in [7, 11) is -4.01. The molecule has 46 heavy (non-hydrogen) atoms. The summed E-state index contributed by atoms with van der Waals surface area (Å²) in [5, 5.41) is 10.7. The molecule has 7 nitrogen and oxygen atoms in total. The van der Waals surface area contributed by atoms with E-state index in [1.54, 1.807) is 12.1 Å². The molecule has 2 aromatic rings. The lowest BCUT2D eigenvalue weighted by Crippen LogP contribution is -2.43. The van der Waals surface area contributed by atoms with Crippen LogP contribution in [-0.4, -0.2) is 42.4 Å². The highest BCUT2D eigenvalue weighted by atomic mass is 32.2. The summed E-state index contributed by atoms with van der Waals surface area (Å²) in [4.78, 5) is 15.7. The number of aliphatic hydroxyl groups excluding tert-OH is 1. The lowest BCUT2D eigenvalue weighted by atomic mass is 9.55. The third-order valence-corrected chi connectivity index (χ3v) is 12.3. The van der Waals surface area contributed by atoms with Crippen molar-refractivity contribution in [1.82, 2.24) is 0 Å². The van der Waals surface area contributed by atoms with Crippen LogP contribution in [0.1, 0.15) is 98.7 Å². The molecule has 1 aliphatic heterocycles. The van der Waals surface area contributed by atoms with E-state index in [1.165, 1.54) is 11.1 Å². The van der Waals surface area contributed by atoms with Gasteiger partial charge in [0.05, 0.1) is 17.4 Å². The molecule has 2 aromatic carbocycles. The summed E-state index contributed by atoms with van der Waals surface area (Å²) in [5.74, 6) is 1.59. The minimum absolute atomic E-state index is 0.0531. The van der Waals surface area contributed by atoms with Gasteiger partial charge in [0.15, 0.2) is 0 Å². The Morgan fingerprint density at radius 3 is 2.63 bits per heavy atom. The Kier molecular flexibility index (Phi) is 8.85. The van der Waals surface area contributed by atoms with E-state index in [4.69, 9.17) is 9.29 Å². The van der Waals surface area contributed by atoms with Gasteiger partial charge in [-0.05, 0) is 128 Å². The number of benzene rings is 2.